The summed E-state index contributed by atoms with van der Waals surface area (Å²) >= 11 is 0. The lowest BCUT2D eigenvalue weighted by atomic mass is 10.1. The molecule has 0 radical (unpaired) electrons. The van der Waals surface area contributed by atoms with Crippen LogP contribution in [0.1, 0.15) is 31.2 Å². The summed E-state index contributed by atoms with van der Waals surface area (Å²) in [5.41, 5.74) is 0.797. The van der Waals surface area contributed by atoms with Gasteiger partial charge in [0.1, 0.15) is 5.82 Å². The number of unbranched alkanes of at least 4 members (excludes halogenated alkanes) is 1. The summed E-state index contributed by atoms with van der Waals surface area (Å²) in [6.07, 6.45) is 6.54. The molecule has 1 N–H and O–H groups in total. The predicted molar refractivity (Wildman–Crippen MR) is 76.8 cm³/mol. The lowest BCUT2D eigenvalue weighted by Crippen LogP contribution is -2.30. The van der Waals surface area contributed by atoms with Crippen molar-refractivity contribution in [2.75, 3.05) is 6.54 Å². The molecule has 0 saturated carbocycles. The molecule has 1 aromatic rings. The van der Waals surface area contributed by atoms with E-state index in [-0.39, 0.29) is 31.1 Å². The molecule has 0 aliphatic heterocycles. The van der Waals surface area contributed by atoms with Crippen molar-refractivity contribution >= 4 is 11.9 Å². The summed E-state index contributed by atoms with van der Waals surface area (Å²) in [5.74, 6) is 1.11. The number of nitrogens with zero attached hydrogens (tertiary/aromatic N) is 1. The third-order valence-electron chi connectivity index (χ3n) is 2.95. The molecule has 0 aromatic heterocycles. The van der Waals surface area contributed by atoms with Crippen molar-refractivity contribution in [3.63, 3.8) is 0 Å². The Morgan fingerprint density at radius 2 is 1.81 bits per heavy atom. The molecule has 0 saturated heterocycles. The fraction of sp³-hybridized carbons (Fsp3) is 0.375. The fourth-order valence-electron chi connectivity index (χ4n) is 1.86. The van der Waals surface area contributed by atoms with Gasteiger partial charge in [0.05, 0.1) is 6.54 Å². The number of hydrogen-bond donors (Lipinski definition) is 1. The van der Waals surface area contributed by atoms with Crippen LogP contribution < -0.4 is 0 Å². The predicted octanol–water partition coefficient (Wildman–Crippen LogP) is 2.43. The minimum atomic E-state index is -0.866. The number of terminal acetylenes is 1. The normalized spacial score (nSPS) is 9.90. The number of carboxylic acid groups (broad SMARTS) is 1. The number of amides is 1. The van der Waals surface area contributed by atoms with Crippen molar-refractivity contribution in [2.45, 2.75) is 32.2 Å². The first kappa shape index (κ1) is 16.7. The van der Waals surface area contributed by atoms with Crippen LogP contribution in [0.5, 0.6) is 0 Å². The first-order valence-electron chi connectivity index (χ1n) is 6.70. The van der Waals surface area contributed by atoms with Gasteiger partial charge in [-0.2, -0.15) is 0 Å². The number of aliphatic carboxylic acids is 1. The topological polar surface area (TPSA) is 57.6 Å². The summed E-state index contributed by atoms with van der Waals surface area (Å²) < 4.78 is 12.8. The van der Waals surface area contributed by atoms with E-state index in [1.165, 1.54) is 17.0 Å². The molecule has 0 bridgehead atoms. The largest absolute Gasteiger partial charge is 0.481 e. The zero-order valence-electron chi connectivity index (χ0n) is 11.7. The van der Waals surface area contributed by atoms with Gasteiger partial charge >= 0.3 is 5.97 Å². The van der Waals surface area contributed by atoms with Gasteiger partial charge in [-0.15, -0.1) is 6.42 Å². The Kier molecular flexibility index (Phi) is 6.96. The van der Waals surface area contributed by atoms with Crippen molar-refractivity contribution < 1.29 is 19.1 Å². The number of carbonyl (C=O) groups excluding carboxylic acids is 1. The van der Waals surface area contributed by atoms with Crippen LogP contribution in [0.2, 0.25) is 0 Å². The van der Waals surface area contributed by atoms with Crippen LogP contribution >= 0.6 is 0 Å². The van der Waals surface area contributed by atoms with Crippen molar-refractivity contribution in [2.24, 2.45) is 0 Å². The molecule has 1 amide bonds. The zero-order valence-corrected chi connectivity index (χ0v) is 11.7. The fourth-order valence-corrected chi connectivity index (χ4v) is 1.86. The van der Waals surface area contributed by atoms with Gasteiger partial charge in [0.25, 0.3) is 0 Å². The Bertz CT molecular complexity index is 519. The molecule has 21 heavy (non-hydrogen) atoms. The summed E-state index contributed by atoms with van der Waals surface area (Å²) in [7, 11) is 0. The molecule has 4 nitrogen and oxygen atoms in total. The van der Waals surface area contributed by atoms with Crippen molar-refractivity contribution in [3.05, 3.63) is 35.6 Å². The number of carbonyl (C=O) groups is 2. The van der Waals surface area contributed by atoms with Crippen LogP contribution in [-0.4, -0.2) is 28.4 Å². The van der Waals surface area contributed by atoms with E-state index in [0.29, 0.717) is 19.4 Å². The summed E-state index contributed by atoms with van der Waals surface area (Å²) in [6.45, 7) is 0.497. The highest BCUT2D eigenvalue weighted by Crippen LogP contribution is 2.10. The van der Waals surface area contributed by atoms with E-state index in [4.69, 9.17) is 11.5 Å². The zero-order chi connectivity index (χ0) is 15.7. The first-order valence-corrected chi connectivity index (χ1v) is 6.70. The number of benzene rings is 1. The molecular formula is C16H18FNO3. The third-order valence-corrected chi connectivity index (χ3v) is 2.95. The Morgan fingerprint density at radius 3 is 2.38 bits per heavy atom. The molecule has 112 valence electrons. The molecule has 0 atom stereocenters. The highest BCUT2D eigenvalue weighted by Gasteiger charge is 2.13. The van der Waals surface area contributed by atoms with Gasteiger partial charge in [0.15, 0.2) is 0 Å². The van der Waals surface area contributed by atoms with Gasteiger partial charge in [-0.25, -0.2) is 4.39 Å². The lowest BCUT2D eigenvalue weighted by molar-refractivity contribution is -0.137. The first-order chi connectivity index (χ1) is 10.0. The number of carboxylic acids is 1. The maximum atomic E-state index is 12.8. The van der Waals surface area contributed by atoms with Gasteiger partial charge in [-0.3, -0.25) is 9.59 Å². The number of hydrogen-bond acceptors (Lipinski definition) is 2. The van der Waals surface area contributed by atoms with E-state index in [1.54, 1.807) is 12.1 Å². The number of rotatable bonds is 8. The van der Waals surface area contributed by atoms with E-state index < -0.39 is 5.97 Å². The molecular weight excluding hydrogens is 273 g/mol. The van der Waals surface area contributed by atoms with E-state index in [0.717, 1.165) is 5.56 Å². The summed E-state index contributed by atoms with van der Waals surface area (Å²) in [4.78, 5) is 24.0. The van der Waals surface area contributed by atoms with Gasteiger partial charge in [0.2, 0.25) is 5.91 Å². The third kappa shape index (κ3) is 6.57. The van der Waals surface area contributed by atoms with Crippen molar-refractivity contribution in [1.29, 1.82) is 0 Å². The summed E-state index contributed by atoms with van der Waals surface area (Å²) in [6, 6.07) is 5.88. The Hall–Kier alpha value is -2.35. The van der Waals surface area contributed by atoms with E-state index in [2.05, 4.69) is 5.92 Å². The quantitative estimate of drug-likeness (QED) is 0.591. The van der Waals surface area contributed by atoms with Gasteiger partial charge in [-0.1, -0.05) is 18.1 Å². The molecule has 0 unspecified atom stereocenters. The average Bonchev–Trinajstić information content (AvgIpc) is 2.45. The van der Waals surface area contributed by atoms with E-state index in [9.17, 15) is 14.0 Å². The Labute approximate surface area is 123 Å². The van der Waals surface area contributed by atoms with Crippen LogP contribution in [0, 0.1) is 18.2 Å². The van der Waals surface area contributed by atoms with Crippen LogP contribution in [0.25, 0.3) is 0 Å². The highest BCUT2D eigenvalue weighted by molar-refractivity contribution is 5.76. The van der Waals surface area contributed by atoms with Gasteiger partial charge in [0, 0.05) is 19.4 Å². The molecule has 0 heterocycles. The molecule has 0 spiro atoms. The van der Waals surface area contributed by atoms with Crippen molar-refractivity contribution in [1.82, 2.24) is 4.90 Å². The maximum Gasteiger partial charge on any atom is 0.303 e. The SMILES string of the molecule is C#CCN(Cc1ccc(F)cc1)C(=O)CCCCC(=O)O. The minimum absolute atomic E-state index is 0.0559. The van der Waals surface area contributed by atoms with Gasteiger partial charge in [-0.05, 0) is 30.5 Å². The molecule has 1 rings (SSSR count). The molecule has 1 aromatic carbocycles. The smallest absolute Gasteiger partial charge is 0.303 e. The average molecular weight is 291 g/mol. The highest BCUT2D eigenvalue weighted by atomic mass is 19.1. The standard InChI is InChI=1S/C16H18FNO3/c1-2-11-18(12-13-7-9-14(17)10-8-13)15(19)5-3-4-6-16(20)21/h1,7-10H,3-6,11-12H2,(H,20,21). The Balaban J connectivity index is 2.51. The van der Waals surface area contributed by atoms with E-state index >= 15 is 0 Å². The molecule has 5 heteroatoms. The maximum absolute atomic E-state index is 12.8. The van der Waals surface area contributed by atoms with Gasteiger partial charge < -0.3 is 10.0 Å². The molecule has 0 fully saturated rings. The van der Waals surface area contributed by atoms with Crippen LogP contribution in [0.4, 0.5) is 4.39 Å². The summed E-state index contributed by atoms with van der Waals surface area (Å²) in [5, 5.41) is 8.54. The second-order valence-electron chi connectivity index (χ2n) is 4.68. The van der Waals surface area contributed by atoms with Crippen LogP contribution in [0.3, 0.4) is 0 Å². The lowest BCUT2D eigenvalue weighted by Gasteiger charge is -2.20. The number of halogens is 1. The monoisotopic (exact) mass is 291 g/mol. The second kappa shape index (κ2) is 8.75. The minimum Gasteiger partial charge on any atom is -0.481 e. The molecule has 0 aliphatic rings. The Morgan fingerprint density at radius 1 is 1.19 bits per heavy atom. The second-order valence-corrected chi connectivity index (χ2v) is 4.68. The molecule has 0 aliphatic carbocycles. The van der Waals surface area contributed by atoms with Crippen molar-refractivity contribution in [3.8, 4) is 12.3 Å². The van der Waals surface area contributed by atoms with Crippen LogP contribution in [0.15, 0.2) is 24.3 Å². The van der Waals surface area contributed by atoms with Crippen LogP contribution in [-0.2, 0) is 16.1 Å². The van der Waals surface area contributed by atoms with E-state index in [1.807, 2.05) is 0 Å².